The van der Waals surface area contributed by atoms with Crippen molar-refractivity contribution in [2.45, 2.75) is 6.92 Å². The van der Waals surface area contributed by atoms with Crippen LogP contribution < -0.4 is 11.5 Å². The summed E-state index contributed by atoms with van der Waals surface area (Å²) in [5, 5.41) is 4.19. The number of aryl methyl sites for hydroxylation is 2. The third kappa shape index (κ3) is 1.56. The van der Waals surface area contributed by atoms with E-state index in [1.165, 1.54) is 4.57 Å². The van der Waals surface area contributed by atoms with Crippen LogP contribution in [0.1, 0.15) is 5.69 Å². The Morgan fingerprint density at radius 2 is 2.05 bits per heavy atom. The highest BCUT2D eigenvalue weighted by atomic mass is 16.4. The van der Waals surface area contributed by atoms with Gasteiger partial charge in [-0.05, 0) is 24.6 Å². The second-order valence-corrected chi connectivity index (χ2v) is 4.58. The molecule has 2 aromatic heterocycles. The van der Waals surface area contributed by atoms with Crippen LogP contribution in [0.4, 0.5) is 5.82 Å². The zero-order valence-electron chi connectivity index (χ0n) is 11.0. The molecule has 0 spiro atoms. The summed E-state index contributed by atoms with van der Waals surface area (Å²) < 4.78 is 8.39. The number of anilines is 1. The summed E-state index contributed by atoms with van der Waals surface area (Å²) in [6.45, 7) is 1.95. The average Bonchev–Trinajstić information content (AvgIpc) is 2.78. The van der Waals surface area contributed by atoms with Crippen LogP contribution in [0.2, 0.25) is 0 Å². The minimum atomic E-state index is -0.372. The standard InChI is InChI=1S/C13H14N4O2/c1-7-11(12(14)15-17(7)3)8-4-5-9-10(6-8)19-13(18)16(9)2/h4-6H,1-3H3,(H2,14,15). The molecule has 0 aliphatic heterocycles. The highest BCUT2D eigenvalue weighted by molar-refractivity contribution is 5.84. The highest BCUT2D eigenvalue weighted by Crippen LogP contribution is 2.30. The molecule has 0 atom stereocenters. The zero-order chi connectivity index (χ0) is 13.7. The fraction of sp³-hybridized carbons (Fsp3) is 0.231. The van der Waals surface area contributed by atoms with E-state index in [9.17, 15) is 4.79 Å². The third-order valence-electron chi connectivity index (χ3n) is 3.44. The first-order chi connectivity index (χ1) is 8.99. The van der Waals surface area contributed by atoms with Crippen molar-refractivity contribution in [3.05, 3.63) is 34.4 Å². The van der Waals surface area contributed by atoms with E-state index in [-0.39, 0.29) is 5.76 Å². The van der Waals surface area contributed by atoms with Crippen LogP contribution >= 0.6 is 0 Å². The number of hydrogen-bond acceptors (Lipinski definition) is 4. The number of benzene rings is 1. The molecule has 19 heavy (non-hydrogen) atoms. The lowest BCUT2D eigenvalue weighted by molar-refractivity contribution is 0.528. The van der Waals surface area contributed by atoms with E-state index in [1.54, 1.807) is 11.7 Å². The summed E-state index contributed by atoms with van der Waals surface area (Å²) in [6.07, 6.45) is 0. The molecule has 6 nitrogen and oxygen atoms in total. The Hall–Kier alpha value is -2.50. The van der Waals surface area contributed by atoms with Gasteiger partial charge in [0.15, 0.2) is 11.4 Å². The Labute approximate surface area is 109 Å². The number of oxazole rings is 1. The summed E-state index contributed by atoms with van der Waals surface area (Å²) in [6, 6.07) is 5.58. The van der Waals surface area contributed by atoms with Gasteiger partial charge in [0.2, 0.25) is 0 Å². The summed E-state index contributed by atoms with van der Waals surface area (Å²) in [5.41, 5.74) is 9.96. The van der Waals surface area contributed by atoms with Crippen LogP contribution in [0, 0.1) is 6.92 Å². The average molecular weight is 258 g/mol. The molecule has 0 saturated carbocycles. The van der Waals surface area contributed by atoms with Crippen molar-refractivity contribution in [3.8, 4) is 11.1 Å². The lowest BCUT2D eigenvalue weighted by Crippen LogP contribution is -2.08. The highest BCUT2D eigenvalue weighted by Gasteiger charge is 2.14. The molecule has 0 unspecified atom stereocenters. The van der Waals surface area contributed by atoms with E-state index in [0.717, 1.165) is 22.3 Å². The van der Waals surface area contributed by atoms with Gasteiger partial charge in [0, 0.05) is 25.4 Å². The van der Waals surface area contributed by atoms with Gasteiger partial charge in [-0.25, -0.2) is 4.79 Å². The van der Waals surface area contributed by atoms with Crippen molar-refractivity contribution in [2.75, 3.05) is 5.73 Å². The van der Waals surface area contributed by atoms with Gasteiger partial charge in [-0.15, -0.1) is 0 Å². The summed E-state index contributed by atoms with van der Waals surface area (Å²) in [5.74, 6) is 0.0978. The molecule has 0 aliphatic carbocycles. The number of hydrogen-bond donors (Lipinski definition) is 1. The predicted octanol–water partition coefficient (Wildman–Crippen LogP) is 1.42. The van der Waals surface area contributed by atoms with E-state index < -0.39 is 0 Å². The molecule has 2 N–H and O–H groups in total. The van der Waals surface area contributed by atoms with Gasteiger partial charge in [-0.2, -0.15) is 5.10 Å². The summed E-state index contributed by atoms with van der Waals surface area (Å²) in [4.78, 5) is 11.5. The lowest BCUT2D eigenvalue weighted by atomic mass is 10.1. The van der Waals surface area contributed by atoms with Crippen LogP contribution in [0.3, 0.4) is 0 Å². The van der Waals surface area contributed by atoms with E-state index in [1.807, 2.05) is 32.2 Å². The summed E-state index contributed by atoms with van der Waals surface area (Å²) >= 11 is 0. The molecule has 98 valence electrons. The SMILES string of the molecule is Cc1c(-c2ccc3c(c2)oc(=O)n3C)c(N)nn1C. The maximum Gasteiger partial charge on any atom is 0.419 e. The molecule has 0 amide bonds. The van der Waals surface area contributed by atoms with Crippen LogP contribution in [-0.2, 0) is 14.1 Å². The monoisotopic (exact) mass is 258 g/mol. The molecule has 3 rings (SSSR count). The van der Waals surface area contributed by atoms with Gasteiger partial charge in [-0.1, -0.05) is 6.07 Å². The van der Waals surface area contributed by atoms with E-state index in [4.69, 9.17) is 10.2 Å². The van der Waals surface area contributed by atoms with Gasteiger partial charge in [0.1, 0.15) is 0 Å². The Kier molecular flexibility index (Phi) is 2.28. The largest absolute Gasteiger partial charge is 0.419 e. The van der Waals surface area contributed by atoms with Crippen molar-refractivity contribution in [2.24, 2.45) is 14.1 Å². The predicted molar refractivity (Wildman–Crippen MR) is 72.8 cm³/mol. The Morgan fingerprint density at radius 3 is 2.68 bits per heavy atom. The van der Waals surface area contributed by atoms with Crippen molar-refractivity contribution in [1.82, 2.24) is 14.3 Å². The fourth-order valence-electron chi connectivity index (χ4n) is 2.28. The quantitative estimate of drug-likeness (QED) is 0.716. The van der Waals surface area contributed by atoms with E-state index in [0.29, 0.717) is 11.4 Å². The van der Waals surface area contributed by atoms with Crippen molar-refractivity contribution in [3.63, 3.8) is 0 Å². The first-order valence-electron chi connectivity index (χ1n) is 5.88. The molecule has 0 aliphatic rings. The van der Waals surface area contributed by atoms with Crippen LogP contribution in [0.15, 0.2) is 27.4 Å². The van der Waals surface area contributed by atoms with Crippen molar-refractivity contribution < 1.29 is 4.42 Å². The van der Waals surface area contributed by atoms with Crippen molar-refractivity contribution in [1.29, 1.82) is 0 Å². The number of nitrogens with two attached hydrogens (primary N) is 1. The molecule has 1 aromatic carbocycles. The van der Waals surface area contributed by atoms with Gasteiger partial charge in [0.25, 0.3) is 0 Å². The molecule has 0 fully saturated rings. The maximum atomic E-state index is 11.5. The number of fused-ring (bicyclic) bond motifs is 1. The van der Waals surface area contributed by atoms with Crippen molar-refractivity contribution >= 4 is 16.9 Å². The molecule has 6 heteroatoms. The number of nitrogens with zero attached hydrogens (tertiary/aromatic N) is 3. The molecular weight excluding hydrogens is 244 g/mol. The number of nitrogen functional groups attached to an aromatic ring is 1. The van der Waals surface area contributed by atoms with Gasteiger partial charge in [0.05, 0.1) is 5.52 Å². The third-order valence-corrected chi connectivity index (χ3v) is 3.44. The normalized spacial score (nSPS) is 11.3. The van der Waals surface area contributed by atoms with Crippen LogP contribution in [0.5, 0.6) is 0 Å². The fourth-order valence-corrected chi connectivity index (χ4v) is 2.28. The molecule has 3 aromatic rings. The molecule has 0 radical (unpaired) electrons. The number of aromatic nitrogens is 3. The van der Waals surface area contributed by atoms with Crippen LogP contribution in [0.25, 0.3) is 22.2 Å². The van der Waals surface area contributed by atoms with E-state index in [2.05, 4.69) is 5.10 Å². The summed E-state index contributed by atoms with van der Waals surface area (Å²) in [7, 11) is 3.52. The second-order valence-electron chi connectivity index (χ2n) is 4.58. The first kappa shape index (κ1) is 11.6. The zero-order valence-corrected chi connectivity index (χ0v) is 11.0. The molecule has 0 bridgehead atoms. The Morgan fingerprint density at radius 1 is 1.32 bits per heavy atom. The Bertz CT molecular complexity index is 838. The lowest BCUT2D eigenvalue weighted by Gasteiger charge is -2.02. The van der Waals surface area contributed by atoms with Gasteiger partial charge >= 0.3 is 5.76 Å². The van der Waals surface area contributed by atoms with Gasteiger partial charge in [-0.3, -0.25) is 9.25 Å². The maximum absolute atomic E-state index is 11.5. The molecule has 2 heterocycles. The molecular formula is C13H14N4O2. The first-order valence-corrected chi connectivity index (χ1v) is 5.88. The smallest absolute Gasteiger partial charge is 0.408 e. The van der Waals surface area contributed by atoms with E-state index >= 15 is 0 Å². The van der Waals surface area contributed by atoms with Gasteiger partial charge < -0.3 is 10.2 Å². The van der Waals surface area contributed by atoms with Crippen LogP contribution in [-0.4, -0.2) is 14.3 Å². The number of rotatable bonds is 1. The molecule has 0 saturated heterocycles. The topological polar surface area (TPSA) is 79.0 Å². The second kappa shape index (κ2) is 3.74. The Balaban J connectivity index is 2.29. The minimum absolute atomic E-state index is 0.372. The minimum Gasteiger partial charge on any atom is -0.408 e.